The Hall–Kier alpha value is -4.04. The first kappa shape index (κ1) is 26.6. The number of nitrogens with two attached hydrogens (primary N) is 1. The number of primary amides is 1. The van der Waals surface area contributed by atoms with E-state index in [2.05, 4.69) is 21.3 Å². The molecule has 0 saturated carbocycles. The number of nitrogens with one attached hydrogen (secondary N) is 1. The molecule has 0 aliphatic carbocycles. The molecule has 188 valence electrons. The van der Waals surface area contributed by atoms with E-state index < -0.39 is 11.9 Å². The van der Waals surface area contributed by atoms with Crippen LogP contribution in [0.1, 0.15) is 63.2 Å². The number of benzene rings is 2. The highest BCUT2D eigenvalue weighted by Crippen LogP contribution is 2.25. The predicted octanol–water partition coefficient (Wildman–Crippen LogP) is 3.94. The van der Waals surface area contributed by atoms with Gasteiger partial charge in [-0.3, -0.25) is 19.5 Å². The number of pyridine rings is 1. The molecule has 4 N–H and O–H groups in total. The number of aromatic nitrogens is 1. The first-order valence-corrected chi connectivity index (χ1v) is 11.9. The summed E-state index contributed by atoms with van der Waals surface area (Å²) in [6.07, 6.45) is 7.02. The van der Waals surface area contributed by atoms with Crippen LogP contribution in [0.15, 0.2) is 60.9 Å². The Balaban J connectivity index is 0.000000223. The van der Waals surface area contributed by atoms with Crippen LogP contribution in [-0.4, -0.2) is 46.4 Å². The lowest BCUT2D eigenvalue weighted by Gasteiger charge is -2.15. The Morgan fingerprint density at radius 2 is 1.75 bits per heavy atom. The molecule has 1 aliphatic heterocycles. The van der Waals surface area contributed by atoms with Crippen molar-refractivity contribution in [3.63, 3.8) is 0 Å². The number of carboxylic acids is 1. The Morgan fingerprint density at radius 3 is 2.33 bits per heavy atom. The van der Waals surface area contributed by atoms with E-state index in [9.17, 15) is 14.4 Å². The molecular formula is C28H32N4O4. The SMILES string of the molecule is CC(NC=O)c1ccc(C(=O)O)cc1.Cc1cc(C(N)=O)ccc1-c1cncc(CN2CCCC2)c1. The van der Waals surface area contributed by atoms with Gasteiger partial charge in [0, 0.05) is 30.1 Å². The van der Waals surface area contributed by atoms with Crippen LogP contribution in [0.2, 0.25) is 0 Å². The lowest BCUT2D eigenvalue weighted by molar-refractivity contribution is -0.110. The van der Waals surface area contributed by atoms with Gasteiger partial charge in [0.2, 0.25) is 12.3 Å². The van der Waals surface area contributed by atoms with Crippen molar-refractivity contribution in [1.29, 1.82) is 0 Å². The summed E-state index contributed by atoms with van der Waals surface area (Å²) in [5, 5.41) is 11.2. The number of nitrogens with zero attached hydrogens (tertiary/aromatic N) is 2. The van der Waals surface area contributed by atoms with E-state index in [4.69, 9.17) is 10.8 Å². The van der Waals surface area contributed by atoms with Gasteiger partial charge in [0.15, 0.2) is 0 Å². The first-order chi connectivity index (χ1) is 17.3. The molecule has 2 amide bonds. The summed E-state index contributed by atoms with van der Waals surface area (Å²) in [6.45, 7) is 7.13. The van der Waals surface area contributed by atoms with Crippen molar-refractivity contribution in [3.05, 3.63) is 88.7 Å². The highest BCUT2D eigenvalue weighted by Gasteiger charge is 2.13. The second-order valence-electron chi connectivity index (χ2n) is 8.89. The second kappa shape index (κ2) is 12.6. The van der Waals surface area contributed by atoms with Crippen LogP contribution in [0.25, 0.3) is 11.1 Å². The number of likely N-dealkylation sites (tertiary alicyclic amines) is 1. The fraction of sp³-hybridized carbons (Fsp3) is 0.286. The molecule has 0 bridgehead atoms. The number of carboxylic acid groups (broad SMARTS) is 1. The molecule has 2 heterocycles. The molecule has 1 saturated heterocycles. The average molecular weight is 489 g/mol. The minimum Gasteiger partial charge on any atom is -0.478 e. The molecule has 1 aliphatic rings. The largest absolute Gasteiger partial charge is 0.478 e. The Labute approximate surface area is 211 Å². The molecule has 8 nitrogen and oxygen atoms in total. The lowest BCUT2D eigenvalue weighted by atomic mass is 9.98. The fourth-order valence-electron chi connectivity index (χ4n) is 4.17. The molecule has 1 unspecified atom stereocenters. The number of carbonyl (C=O) groups is 3. The summed E-state index contributed by atoms with van der Waals surface area (Å²) < 4.78 is 0. The van der Waals surface area contributed by atoms with Crippen molar-refractivity contribution in [3.8, 4) is 11.1 Å². The maximum absolute atomic E-state index is 11.3. The van der Waals surface area contributed by atoms with Gasteiger partial charge in [-0.25, -0.2) is 4.79 Å². The molecule has 0 radical (unpaired) electrons. The van der Waals surface area contributed by atoms with Gasteiger partial charge in [-0.15, -0.1) is 0 Å². The monoisotopic (exact) mass is 488 g/mol. The van der Waals surface area contributed by atoms with Crippen LogP contribution in [0.4, 0.5) is 0 Å². The van der Waals surface area contributed by atoms with Crippen molar-refractivity contribution in [2.45, 2.75) is 39.3 Å². The van der Waals surface area contributed by atoms with E-state index in [1.54, 1.807) is 18.2 Å². The van der Waals surface area contributed by atoms with Crippen molar-refractivity contribution < 1.29 is 19.5 Å². The van der Waals surface area contributed by atoms with Gasteiger partial charge in [0.25, 0.3) is 0 Å². The molecule has 36 heavy (non-hydrogen) atoms. The molecule has 2 aromatic carbocycles. The Kier molecular flexibility index (Phi) is 9.30. The first-order valence-electron chi connectivity index (χ1n) is 11.9. The number of aryl methyl sites for hydroxylation is 1. The zero-order valence-corrected chi connectivity index (χ0v) is 20.6. The van der Waals surface area contributed by atoms with Crippen LogP contribution >= 0.6 is 0 Å². The van der Waals surface area contributed by atoms with Crippen LogP contribution in [0.5, 0.6) is 0 Å². The number of aromatic carboxylic acids is 1. The molecule has 3 aromatic rings. The van der Waals surface area contributed by atoms with Gasteiger partial charge < -0.3 is 16.2 Å². The summed E-state index contributed by atoms with van der Waals surface area (Å²) >= 11 is 0. The van der Waals surface area contributed by atoms with Crippen molar-refractivity contribution in [1.82, 2.24) is 15.2 Å². The molecule has 1 fully saturated rings. The molecule has 4 rings (SSSR count). The van der Waals surface area contributed by atoms with Gasteiger partial charge in [-0.2, -0.15) is 0 Å². The smallest absolute Gasteiger partial charge is 0.335 e. The van der Waals surface area contributed by atoms with Crippen molar-refractivity contribution in [2.24, 2.45) is 5.73 Å². The van der Waals surface area contributed by atoms with Gasteiger partial charge in [0.05, 0.1) is 11.6 Å². The fourth-order valence-corrected chi connectivity index (χ4v) is 4.17. The summed E-state index contributed by atoms with van der Waals surface area (Å²) in [7, 11) is 0. The lowest BCUT2D eigenvalue weighted by Crippen LogP contribution is -2.18. The van der Waals surface area contributed by atoms with Gasteiger partial charge in [0.1, 0.15) is 0 Å². The average Bonchev–Trinajstić information content (AvgIpc) is 3.38. The summed E-state index contributed by atoms with van der Waals surface area (Å²) in [5.41, 5.74) is 11.5. The standard InChI is InChI=1S/C18H21N3O.C10H11NO3/c1-13-8-15(18(19)22)4-5-17(13)16-9-14(10-20-11-16)12-21-6-2-3-7-21;1-7(11-6-12)8-2-4-9(5-3-8)10(13)14/h4-5,8-11H,2-3,6-7,12H2,1H3,(H2,19,22);2-7H,1H3,(H,11,12)(H,13,14). The van der Waals surface area contributed by atoms with E-state index in [1.165, 1.54) is 43.6 Å². The number of amides is 2. The van der Waals surface area contributed by atoms with E-state index in [0.29, 0.717) is 12.0 Å². The highest BCUT2D eigenvalue weighted by molar-refractivity contribution is 5.93. The topological polar surface area (TPSA) is 126 Å². The molecule has 0 spiro atoms. The van der Waals surface area contributed by atoms with E-state index in [0.717, 1.165) is 28.8 Å². The van der Waals surface area contributed by atoms with E-state index in [1.807, 2.05) is 38.4 Å². The Bertz CT molecular complexity index is 1200. The zero-order valence-electron chi connectivity index (χ0n) is 20.6. The number of hydrogen-bond acceptors (Lipinski definition) is 5. The maximum Gasteiger partial charge on any atom is 0.335 e. The van der Waals surface area contributed by atoms with E-state index >= 15 is 0 Å². The minimum atomic E-state index is -0.951. The normalized spacial score (nSPS) is 13.8. The predicted molar refractivity (Wildman–Crippen MR) is 138 cm³/mol. The summed E-state index contributed by atoms with van der Waals surface area (Å²) in [6, 6.07) is 14.1. The molecule has 8 heteroatoms. The maximum atomic E-state index is 11.3. The zero-order chi connectivity index (χ0) is 26.1. The molecule has 1 atom stereocenters. The van der Waals surface area contributed by atoms with Gasteiger partial charge in [-0.1, -0.05) is 18.2 Å². The van der Waals surface area contributed by atoms with E-state index in [-0.39, 0.29) is 11.6 Å². The number of rotatable bonds is 8. The second-order valence-corrected chi connectivity index (χ2v) is 8.89. The molecule has 1 aromatic heterocycles. The van der Waals surface area contributed by atoms with Crippen molar-refractivity contribution in [2.75, 3.05) is 13.1 Å². The summed E-state index contributed by atoms with van der Waals surface area (Å²) in [4.78, 5) is 38.8. The third-order valence-corrected chi connectivity index (χ3v) is 6.20. The van der Waals surface area contributed by atoms with Gasteiger partial charge >= 0.3 is 5.97 Å². The third kappa shape index (κ3) is 7.23. The van der Waals surface area contributed by atoms with Crippen molar-refractivity contribution >= 4 is 18.3 Å². The van der Waals surface area contributed by atoms with Crippen LogP contribution in [0, 0.1) is 6.92 Å². The minimum absolute atomic E-state index is 0.102. The summed E-state index contributed by atoms with van der Waals surface area (Å²) in [5.74, 6) is -1.34. The number of hydrogen-bond donors (Lipinski definition) is 3. The van der Waals surface area contributed by atoms with Crippen LogP contribution in [-0.2, 0) is 11.3 Å². The van der Waals surface area contributed by atoms with Crippen LogP contribution in [0.3, 0.4) is 0 Å². The van der Waals surface area contributed by atoms with Gasteiger partial charge in [-0.05, 0) is 92.4 Å². The number of carbonyl (C=O) groups excluding carboxylic acids is 2. The Morgan fingerprint density at radius 1 is 1.08 bits per heavy atom. The van der Waals surface area contributed by atoms with Crippen LogP contribution < -0.4 is 11.1 Å². The third-order valence-electron chi connectivity index (χ3n) is 6.20. The highest BCUT2D eigenvalue weighted by atomic mass is 16.4. The quantitative estimate of drug-likeness (QED) is 0.412. The molecular weight excluding hydrogens is 456 g/mol.